The zero-order chi connectivity index (χ0) is 19.8. The first-order valence-electron chi connectivity index (χ1n) is 8.17. The van der Waals surface area contributed by atoms with Gasteiger partial charge in [-0.05, 0) is 38.1 Å². The third-order valence-electron chi connectivity index (χ3n) is 3.50. The molecule has 2 amide bonds. The number of carbonyl (C=O) groups is 3. The van der Waals surface area contributed by atoms with Crippen LogP contribution in [0.1, 0.15) is 23.9 Å². The molecule has 0 saturated carbocycles. The van der Waals surface area contributed by atoms with E-state index in [-0.39, 0.29) is 18.3 Å². The Morgan fingerprint density at radius 2 is 1.74 bits per heavy atom. The number of thioether (sulfide) groups is 1. The number of aromatic nitrogens is 1. The van der Waals surface area contributed by atoms with Crippen LogP contribution in [0.5, 0.6) is 0 Å². The van der Waals surface area contributed by atoms with Crippen molar-refractivity contribution in [1.82, 2.24) is 5.16 Å². The van der Waals surface area contributed by atoms with E-state index in [0.29, 0.717) is 17.1 Å². The van der Waals surface area contributed by atoms with Crippen molar-refractivity contribution in [3.63, 3.8) is 0 Å². The molecule has 0 radical (unpaired) electrons. The summed E-state index contributed by atoms with van der Waals surface area (Å²) < 4.78 is 10.0. The Bertz CT molecular complexity index is 797. The van der Waals surface area contributed by atoms with E-state index in [1.807, 2.05) is 13.8 Å². The number of aryl methyl sites for hydroxylation is 2. The minimum Gasteiger partial charge on any atom is -0.455 e. The molecule has 1 aromatic heterocycles. The van der Waals surface area contributed by atoms with Crippen molar-refractivity contribution in [3.05, 3.63) is 41.3 Å². The molecular weight excluding hydrogens is 370 g/mol. The molecule has 0 unspecified atom stereocenters. The van der Waals surface area contributed by atoms with Crippen LogP contribution in [0.4, 0.5) is 11.4 Å². The van der Waals surface area contributed by atoms with Crippen molar-refractivity contribution in [2.45, 2.75) is 26.5 Å². The number of nitrogens with one attached hydrogen (secondary N) is 2. The molecule has 0 aliphatic heterocycles. The molecule has 0 aliphatic carbocycles. The number of carbonyl (C=O) groups excluding carboxylic acids is 3. The monoisotopic (exact) mass is 391 g/mol. The molecule has 0 aliphatic rings. The highest BCUT2D eigenvalue weighted by Gasteiger charge is 2.12. The van der Waals surface area contributed by atoms with Crippen molar-refractivity contribution in [2.75, 3.05) is 23.0 Å². The first kappa shape index (κ1) is 20.5. The summed E-state index contributed by atoms with van der Waals surface area (Å²) in [4.78, 5) is 34.5. The van der Waals surface area contributed by atoms with Crippen LogP contribution in [-0.2, 0) is 24.9 Å². The normalized spacial score (nSPS) is 10.3. The second-order valence-corrected chi connectivity index (χ2v) is 6.75. The Kier molecular flexibility index (Phi) is 7.42. The standard InChI is InChI=1S/C18H21N3O5S/c1-11-16(12(2)26-21-11)9-27-10-18(24)25-8-17(23)20-15-6-4-14(5-7-15)19-13(3)22/h4-7H,8-10H2,1-3H3,(H,19,22)(H,20,23). The molecule has 2 rings (SSSR count). The highest BCUT2D eigenvalue weighted by Crippen LogP contribution is 2.19. The Morgan fingerprint density at radius 3 is 2.30 bits per heavy atom. The van der Waals surface area contributed by atoms with Crippen molar-refractivity contribution in [1.29, 1.82) is 0 Å². The zero-order valence-corrected chi connectivity index (χ0v) is 16.1. The second kappa shape index (κ2) is 9.77. The van der Waals surface area contributed by atoms with Gasteiger partial charge in [-0.1, -0.05) is 5.16 Å². The third-order valence-corrected chi connectivity index (χ3v) is 4.43. The second-order valence-electron chi connectivity index (χ2n) is 5.76. The summed E-state index contributed by atoms with van der Waals surface area (Å²) in [5.74, 6) is 0.365. The van der Waals surface area contributed by atoms with E-state index in [1.165, 1.54) is 18.7 Å². The van der Waals surface area contributed by atoms with E-state index in [1.54, 1.807) is 24.3 Å². The molecule has 1 heterocycles. The predicted molar refractivity (Wildman–Crippen MR) is 102 cm³/mol. The van der Waals surface area contributed by atoms with Crippen molar-refractivity contribution in [2.24, 2.45) is 0 Å². The summed E-state index contributed by atoms with van der Waals surface area (Å²) in [5, 5.41) is 9.10. The van der Waals surface area contributed by atoms with Gasteiger partial charge in [0, 0.05) is 29.6 Å². The van der Waals surface area contributed by atoms with Gasteiger partial charge in [-0.15, -0.1) is 11.8 Å². The predicted octanol–water partition coefficient (Wildman–Crippen LogP) is 2.66. The molecular formula is C18H21N3O5S. The zero-order valence-electron chi connectivity index (χ0n) is 15.3. The van der Waals surface area contributed by atoms with E-state index in [2.05, 4.69) is 15.8 Å². The Hall–Kier alpha value is -2.81. The molecule has 8 nitrogen and oxygen atoms in total. The van der Waals surface area contributed by atoms with Gasteiger partial charge in [0.15, 0.2) is 6.61 Å². The highest BCUT2D eigenvalue weighted by molar-refractivity contribution is 7.99. The average Bonchev–Trinajstić information content (AvgIpc) is 2.93. The van der Waals surface area contributed by atoms with Gasteiger partial charge in [0.25, 0.3) is 5.91 Å². The summed E-state index contributed by atoms with van der Waals surface area (Å²) >= 11 is 1.37. The van der Waals surface area contributed by atoms with Crippen LogP contribution < -0.4 is 10.6 Å². The van der Waals surface area contributed by atoms with E-state index >= 15 is 0 Å². The fraction of sp³-hybridized carbons (Fsp3) is 0.333. The lowest BCUT2D eigenvalue weighted by molar-refractivity contribution is -0.144. The largest absolute Gasteiger partial charge is 0.455 e. The number of hydrogen-bond acceptors (Lipinski definition) is 7. The molecule has 0 atom stereocenters. The van der Waals surface area contributed by atoms with Crippen LogP contribution in [0, 0.1) is 13.8 Å². The van der Waals surface area contributed by atoms with Gasteiger partial charge in [0.2, 0.25) is 5.91 Å². The van der Waals surface area contributed by atoms with Crippen LogP contribution in [-0.4, -0.2) is 35.3 Å². The quantitative estimate of drug-likeness (QED) is 0.666. The Labute approximate surface area is 161 Å². The maximum absolute atomic E-state index is 11.8. The molecule has 0 fully saturated rings. The van der Waals surface area contributed by atoms with Gasteiger partial charge in [-0.25, -0.2) is 0 Å². The number of anilines is 2. The number of benzene rings is 1. The van der Waals surface area contributed by atoms with Crippen molar-refractivity contribution in [3.8, 4) is 0 Å². The summed E-state index contributed by atoms with van der Waals surface area (Å²) in [7, 11) is 0. The van der Waals surface area contributed by atoms with E-state index < -0.39 is 11.9 Å². The summed E-state index contributed by atoms with van der Waals surface area (Å²) in [6, 6.07) is 6.61. The minimum absolute atomic E-state index is 0.128. The molecule has 2 N–H and O–H groups in total. The van der Waals surface area contributed by atoms with Crippen molar-refractivity contribution < 1.29 is 23.6 Å². The average molecular weight is 391 g/mol. The smallest absolute Gasteiger partial charge is 0.316 e. The molecule has 27 heavy (non-hydrogen) atoms. The highest BCUT2D eigenvalue weighted by atomic mass is 32.2. The van der Waals surface area contributed by atoms with E-state index in [4.69, 9.17) is 9.26 Å². The van der Waals surface area contributed by atoms with Crippen molar-refractivity contribution >= 4 is 40.9 Å². The molecule has 144 valence electrons. The maximum Gasteiger partial charge on any atom is 0.316 e. The molecule has 0 saturated heterocycles. The van der Waals surface area contributed by atoms with Gasteiger partial charge in [-0.3, -0.25) is 14.4 Å². The molecule has 0 spiro atoms. The lowest BCUT2D eigenvalue weighted by atomic mass is 10.2. The minimum atomic E-state index is -0.470. The van der Waals surface area contributed by atoms with Crippen LogP contribution >= 0.6 is 11.8 Å². The van der Waals surface area contributed by atoms with Gasteiger partial charge in [0.1, 0.15) is 5.76 Å². The third kappa shape index (κ3) is 6.78. The topological polar surface area (TPSA) is 111 Å². The first-order valence-corrected chi connectivity index (χ1v) is 9.33. The molecule has 9 heteroatoms. The van der Waals surface area contributed by atoms with Crippen LogP contribution in [0.3, 0.4) is 0 Å². The maximum atomic E-state index is 11.8. The molecule has 0 bridgehead atoms. The number of esters is 1. The molecule has 1 aromatic carbocycles. The van der Waals surface area contributed by atoms with Crippen LogP contribution in [0.25, 0.3) is 0 Å². The van der Waals surface area contributed by atoms with Crippen LogP contribution in [0.15, 0.2) is 28.8 Å². The SMILES string of the molecule is CC(=O)Nc1ccc(NC(=O)COC(=O)CSCc2c(C)noc2C)cc1. The lowest BCUT2D eigenvalue weighted by Crippen LogP contribution is -2.21. The fourth-order valence-corrected chi connectivity index (χ4v) is 3.14. The first-order chi connectivity index (χ1) is 12.8. The number of hydrogen-bond donors (Lipinski definition) is 2. The number of amides is 2. The van der Waals surface area contributed by atoms with E-state index in [9.17, 15) is 14.4 Å². The van der Waals surface area contributed by atoms with Gasteiger partial charge >= 0.3 is 5.97 Å². The van der Waals surface area contributed by atoms with Gasteiger partial charge in [0.05, 0.1) is 11.4 Å². The lowest BCUT2D eigenvalue weighted by Gasteiger charge is -2.08. The summed E-state index contributed by atoms with van der Waals surface area (Å²) in [6.07, 6.45) is 0. The van der Waals surface area contributed by atoms with Gasteiger partial charge in [-0.2, -0.15) is 0 Å². The fourth-order valence-electron chi connectivity index (χ4n) is 2.17. The number of rotatable bonds is 8. The van der Waals surface area contributed by atoms with Crippen LogP contribution in [0.2, 0.25) is 0 Å². The Balaban J connectivity index is 1.68. The summed E-state index contributed by atoms with van der Waals surface area (Å²) in [6.45, 7) is 4.72. The van der Waals surface area contributed by atoms with E-state index in [0.717, 1.165) is 17.0 Å². The Morgan fingerprint density at radius 1 is 1.11 bits per heavy atom. The molecule has 2 aromatic rings. The summed E-state index contributed by atoms with van der Waals surface area (Å²) in [5.41, 5.74) is 2.94. The number of ether oxygens (including phenoxy) is 1. The van der Waals surface area contributed by atoms with Gasteiger partial charge < -0.3 is 19.9 Å². The number of nitrogens with zero attached hydrogens (tertiary/aromatic N) is 1.